The number of esters is 1. The number of nitro benzene ring substituents is 1. The minimum absolute atomic E-state index is 0.0250. The largest absolute Gasteiger partial charge is 0.460 e. The lowest BCUT2D eigenvalue weighted by molar-refractivity contribution is -0.383. The van der Waals surface area contributed by atoms with E-state index in [2.05, 4.69) is 15.9 Å². The molecule has 0 saturated carbocycles. The summed E-state index contributed by atoms with van der Waals surface area (Å²) in [5.74, 6) is -0.122. The van der Waals surface area contributed by atoms with Crippen molar-refractivity contribution in [2.24, 2.45) is 0 Å². The van der Waals surface area contributed by atoms with Crippen molar-refractivity contribution >= 4 is 33.3 Å². The minimum atomic E-state index is -0.705. The van der Waals surface area contributed by atoms with Gasteiger partial charge in [0.2, 0.25) is 6.29 Å². The quantitative estimate of drug-likeness (QED) is 0.237. The first kappa shape index (κ1) is 20.8. The molecule has 9 heteroatoms. The van der Waals surface area contributed by atoms with Gasteiger partial charge in [-0.2, -0.15) is 0 Å². The zero-order chi connectivity index (χ0) is 22.0. The standard InChI is InChI=1S/C22H17BrN2O6/c23-17-8-15(11-29-21(26)14-6-7-18(24)19(10-14)25(27)28)20-16(9-17)12-30-22(31-20)13-4-2-1-3-5-13/h1-10,22H,11-12,24H2/t22-/m0/s1. The van der Waals surface area contributed by atoms with Crippen LogP contribution >= 0.6 is 15.9 Å². The summed E-state index contributed by atoms with van der Waals surface area (Å²) in [5, 5.41) is 11.1. The van der Waals surface area contributed by atoms with Crippen LogP contribution < -0.4 is 10.5 Å². The van der Waals surface area contributed by atoms with Gasteiger partial charge in [0.15, 0.2) is 0 Å². The van der Waals surface area contributed by atoms with E-state index in [0.29, 0.717) is 17.9 Å². The predicted octanol–water partition coefficient (Wildman–Crippen LogP) is 4.90. The number of anilines is 1. The van der Waals surface area contributed by atoms with Crippen molar-refractivity contribution in [1.29, 1.82) is 0 Å². The second-order valence-corrected chi connectivity index (χ2v) is 7.75. The topological polar surface area (TPSA) is 114 Å². The molecule has 1 atom stereocenters. The van der Waals surface area contributed by atoms with Gasteiger partial charge in [0.25, 0.3) is 5.69 Å². The van der Waals surface area contributed by atoms with E-state index >= 15 is 0 Å². The number of ether oxygens (including phenoxy) is 3. The van der Waals surface area contributed by atoms with Gasteiger partial charge in [-0.15, -0.1) is 0 Å². The number of halogens is 1. The summed E-state index contributed by atoms with van der Waals surface area (Å²) in [7, 11) is 0. The van der Waals surface area contributed by atoms with E-state index in [9.17, 15) is 14.9 Å². The monoisotopic (exact) mass is 484 g/mol. The molecule has 3 aromatic carbocycles. The van der Waals surface area contributed by atoms with E-state index in [1.807, 2.05) is 36.4 Å². The Morgan fingerprint density at radius 2 is 1.97 bits per heavy atom. The Bertz CT molecular complexity index is 1150. The number of nitro groups is 1. The van der Waals surface area contributed by atoms with Gasteiger partial charge in [-0.1, -0.05) is 46.3 Å². The number of fused-ring (bicyclic) bond motifs is 1. The molecule has 4 rings (SSSR count). The van der Waals surface area contributed by atoms with Crippen molar-refractivity contribution in [3.05, 3.63) is 97.5 Å². The molecule has 3 aromatic rings. The average Bonchev–Trinajstić information content (AvgIpc) is 2.77. The third-order valence-corrected chi connectivity index (χ3v) is 5.17. The first-order valence-electron chi connectivity index (χ1n) is 9.28. The highest BCUT2D eigenvalue weighted by Crippen LogP contribution is 2.38. The first-order valence-corrected chi connectivity index (χ1v) is 10.1. The SMILES string of the molecule is Nc1ccc(C(=O)OCc2cc(Br)cc3c2O[C@@H](c2ccccc2)OC3)cc1[N+](=O)[O-]. The van der Waals surface area contributed by atoms with Crippen molar-refractivity contribution < 1.29 is 23.9 Å². The predicted molar refractivity (Wildman–Crippen MR) is 115 cm³/mol. The van der Waals surface area contributed by atoms with Crippen LogP contribution in [0.1, 0.15) is 33.3 Å². The Balaban J connectivity index is 1.55. The maximum absolute atomic E-state index is 12.5. The van der Waals surface area contributed by atoms with Crippen LogP contribution in [0.4, 0.5) is 11.4 Å². The molecule has 158 valence electrons. The number of nitrogens with zero attached hydrogens (tertiary/aromatic N) is 1. The van der Waals surface area contributed by atoms with Gasteiger partial charge in [-0.25, -0.2) is 4.79 Å². The highest BCUT2D eigenvalue weighted by molar-refractivity contribution is 9.10. The van der Waals surface area contributed by atoms with Crippen LogP contribution in [0.3, 0.4) is 0 Å². The highest BCUT2D eigenvalue weighted by Gasteiger charge is 2.25. The van der Waals surface area contributed by atoms with Crippen LogP contribution in [0.25, 0.3) is 0 Å². The molecule has 31 heavy (non-hydrogen) atoms. The number of hydrogen-bond acceptors (Lipinski definition) is 7. The molecule has 1 aliphatic rings. The second-order valence-electron chi connectivity index (χ2n) is 6.83. The normalized spacial score (nSPS) is 14.9. The van der Waals surface area contributed by atoms with Crippen LogP contribution in [-0.4, -0.2) is 10.9 Å². The molecule has 0 radical (unpaired) electrons. The van der Waals surface area contributed by atoms with Crippen molar-refractivity contribution in [2.45, 2.75) is 19.5 Å². The fourth-order valence-electron chi connectivity index (χ4n) is 3.21. The zero-order valence-electron chi connectivity index (χ0n) is 16.1. The second kappa shape index (κ2) is 8.75. The molecular weight excluding hydrogens is 468 g/mol. The van der Waals surface area contributed by atoms with Gasteiger partial charge in [-0.3, -0.25) is 10.1 Å². The third-order valence-electron chi connectivity index (χ3n) is 4.72. The summed E-state index contributed by atoms with van der Waals surface area (Å²) in [6.45, 7) is 0.250. The zero-order valence-corrected chi connectivity index (χ0v) is 17.7. The minimum Gasteiger partial charge on any atom is -0.460 e. The Labute approximate surface area is 185 Å². The Hall–Kier alpha value is -3.43. The maximum atomic E-state index is 12.5. The van der Waals surface area contributed by atoms with Crippen molar-refractivity contribution in [2.75, 3.05) is 5.73 Å². The van der Waals surface area contributed by atoms with Crippen molar-refractivity contribution in [1.82, 2.24) is 0 Å². The smallest absolute Gasteiger partial charge is 0.338 e. The van der Waals surface area contributed by atoms with E-state index in [0.717, 1.165) is 21.7 Å². The third kappa shape index (κ3) is 4.52. The van der Waals surface area contributed by atoms with Crippen LogP contribution in [0.15, 0.2) is 65.1 Å². The molecule has 0 aromatic heterocycles. The summed E-state index contributed by atoms with van der Waals surface area (Å²) < 4.78 is 18.1. The Kier molecular flexibility index (Phi) is 5.88. The number of carbonyl (C=O) groups excluding carboxylic acids is 1. The molecule has 2 N–H and O–H groups in total. The summed E-state index contributed by atoms with van der Waals surface area (Å²) >= 11 is 3.45. The number of nitrogens with two attached hydrogens (primary N) is 1. The Morgan fingerprint density at radius 3 is 2.71 bits per heavy atom. The van der Waals surface area contributed by atoms with Crippen LogP contribution in [0.5, 0.6) is 5.75 Å². The van der Waals surface area contributed by atoms with Crippen LogP contribution in [0, 0.1) is 10.1 Å². The van der Waals surface area contributed by atoms with Crippen LogP contribution in [0.2, 0.25) is 0 Å². The number of rotatable bonds is 5. The molecular formula is C22H17BrN2O6. The molecule has 1 heterocycles. The molecule has 0 saturated heterocycles. The van der Waals surface area contributed by atoms with Crippen molar-refractivity contribution in [3.8, 4) is 5.75 Å². The van der Waals surface area contributed by atoms with E-state index < -0.39 is 17.2 Å². The Morgan fingerprint density at radius 1 is 1.19 bits per heavy atom. The molecule has 8 nitrogen and oxygen atoms in total. The molecule has 0 spiro atoms. The van der Waals surface area contributed by atoms with Gasteiger partial charge >= 0.3 is 5.97 Å². The van der Waals surface area contributed by atoms with E-state index in [4.69, 9.17) is 19.9 Å². The van der Waals surface area contributed by atoms with Gasteiger partial charge in [-0.05, 0) is 24.3 Å². The fraction of sp³-hybridized carbons (Fsp3) is 0.136. The van der Waals surface area contributed by atoms with E-state index in [1.165, 1.54) is 12.1 Å². The number of carbonyl (C=O) groups is 1. The number of nitrogen functional groups attached to an aromatic ring is 1. The summed E-state index contributed by atoms with van der Waals surface area (Å²) in [4.78, 5) is 22.9. The molecule has 1 aliphatic heterocycles. The van der Waals surface area contributed by atoms with Crippen LogP contribution in [-0.2, 0) is 22.7 Å². The lowest BCUT2D eigenvalue weighted by Gasteiger charge is -2.28. The van der Waals surface area contributed by atoms with Gasteiger partial charge in [0.05, 0.1) is 17.1 Å². The van der Waals surface area contributed by atoms with Gasteiger partial charge < -0.3 is 19.9 Å². The van der Waals surface area contributed by atoms with Gasteiger partial charge in [0, 0.05) is 27.2 Å². The maximum Gasteiger partial charge on any atom is 0.338 e. The average molecular weight is 485 g/mol. The van der Waals surface area contributed by atoms with E-state index in [-0.39, 0.29) is 23.5 Å². The number of benzene rings is 3. The molecule has 0 unspecified atom stereocenters. The lowest BCUT2D eigenvalue weighted by atomic mass is 10.1. The van der Waals surface area contributed by atoms with E-state index in [1.54, 1.807) is 6.07 Å². The summed E-state index contributed by atoms with van der Waals surface area (Å²) in [5.41, 5.74) is 7.58. The fourth-order valence-corrected chi connectivity index (χ4v) is 3.77. The first-order chi connectivity index (χ1) is 14.9. The molecule has 0 aliphatic carbocycles. The molecule has 0 bridgehead atoms. The summed E-state index contributed by atoms with van der Waals surface area (Å²) in [6, 6.07) is 17.0. The number of hydrogen-bond donors (Lipinski definition) is 1. The molecule has 0 amide bonds. The highest BCUT2D eigenvalue weighted by atomic mass is 79.9. The summed E-state index contributed by atoms with van der Waals surface area (Å²) in [6.07, 6.45) is -0.580. The van der Waals surface area contributed by atoms with Gasteiger partial charge in [0.1, 0.15) is 18.0 Å². The lowest BCUT2D eigenvalue weighted by Crippen LogP contribution is -2.19. The molecule has 0 fully saturated rings. The van der Waals surface area contributed by atoms with Crippen molar-refractivity contribution in [3.63, 3.8) is 0 Å².